The Hall–Kier alpha value is -2.78. The molecule has 0 spiro atoms. The van der Waals surface area contributed by atoms with Crippen LogP contribution in [0.5, 0.6) is 11.5 Å². The van der Waals surface area contributed by atoms with Gasteiger partial charge in [-0.3, -0.25) is 15.0 Å². The van der Waals surface area contributed by atoms with Gasteiger partial charge in [-0.15, -0.1) is 11.3 Å². The second-order valence-corrected chi connectivity index (χ2v) is 9.69. The number of primary amides is 2. The fourth-order valence-electron chi connectivity index (χ4n) is 4.48. The molecule has 1 aliphatic heterocycles. The first kappa shape index (κ1) is 23.4. The maximum Gasteiger partial charge on any atom is 0.317 e. The van der Waals surface area contributed by atoms with Crippen LogP contribution in [0.4, 0.5) is 9.80 Å². The molecule has 4 rings (SSSR count). The lowest BCUT2D eigenvalue weighted by molar-refractivity contribution is 0.100. The zero-order chi connectivity index (χ0) is 23.2. The van der Waals surface area contributed by atoms with Gasteiger partial charge in [0, 0.05) is 23.1 Å². The summed E-state index contributed by atoms with van der Waals surface area (Å²) in [5.41, 5.74) is 11.8. The van der Waals surface area contributed by atoms with E-state index in [0.717, 1.165) is 48.7 Å². The highest BCUT2D eigenvalue weighted by molar-refractivity contribution is 7.20. The summed E-state index contributed by atoms with van der Waals surface area (Å²) in [6.07, 6.45) is 8.54. The van der Waals surface area contributed by atoms with Crippen molar-refractivity contribution in [3.63, 3.8) is 0 Å². The number of carbonyl (C=O) groups excluding carboxylic acids is 2. The molecule has 0 atom stereocenters. The number of anilines is 1. The Bertz CT molecular complexity index is 981. The van der Waals surface area contributed by atoms with Crippen molar-refractivity contribution in [1.29, 1.82) is 0 Å². The van der Waals surface area contributed by atoms with Crippen LogP contribution < -0.4 is 26.3 Å². The molecule has 2 aliphatic rings. The Morgan fingerprint density at radius 1 is 1.06 bits per heavy atom. The van der Waals surface area contributed by atoms with Gasteiger partial charge in [0.1, 0.15) is 23.1 Å². The average Bonchev–Trinajstić information content (AvgIpc) is 3.44. The number of ether oxygens (including phenoxy) is 2. The minimum atomic E-state index is -0.746. The lowest BCUT2D eigenvalue weighted by atomic mass is 10.1. The van der Waals surface area contributed by atoms with Crippen molar-refractivity contribution in [2.24, 2.45) is 11.5 Å². The van der Waals surface area contributed by atoms with Gasteiger partial charge in [0.2, 0.25) is 0 Å². The van der Waals surface area contributed by atoms with Crippen LogP contribution in [0.15, 0.2) is 24.3 Å². The van der Waals surface area contributed by atoms with Crippen LogP contribution in [0.25, 0.3) is 10.4 Å². The Kier molecular flexibility index (Phi) is 7.72. The molecule has 1 aromatic heterocycles. The highest BCUT2D eigenvalue weighted by Gasteiger charge is 2.21. The van der Waals surface area contributed by atoms with Crippen molar-refractivity contribution in [1.82, 2.24) is 4.90 Å². The number of thiophene rings is 1. The maximum absolute atomic E-state index is 11.9. The summed E-state index contributed by atoms with van der Waals surface area (Å²) in [7, 11) is 0. The van der Waals surface area contributed by atoms with E-state index >= 15 is 0 Å². The molecule has 0 radical (unpaired) electrons. The Balaban J connectivity index is 1.58. The molecule has 178 valence electrons. The van der Waals surface area contributed by atoms with Crippen molar-refractivity contribution in [2.75, 3.05) is 31.6 Å². The van der Waals surface area contributed by atoms with Crippen molar-refractivity contribution in [3.8, 4) is 21.9 Å². The summed E-state index contributed by atoms with van der Waals surface area (Å²) < 4.78 is 12.4. The number of carbonyl (C=O) groups is 2. The number of nitrogens with zero attached hydrogens (tertiary/aromatic N) is 1. The summed E-state index contributed by atoms with van der Waals surface area (Å²) in [6.45, 7) is 3.63. The van der Waals surface area contributed by atoms with Gasteiger partial charge in [0.05, 0.1) is 11.7 Å². The number of hydrogen-bond donors (Lipinski definition) is 3. The molecule has 3 amide bonds. The maximum atomic E-state index is 11.9. The number of likely N-dealkylation sites (tertiary alicyclic amines) is 1. The van der Waals surface area contributed by atoms with Crippen LogP contribution in [0.3, 0.4) is 0 Å². The first-order valence-electron chi connectivity index (χ1n) is 11.7. The third kappa shape index (κ3) is 6.17. The first-order chi connectivity index (χ1) is 16.0. The summed E-state index contributed by atoms with van der Waals surface area (Å²) in [5, 5.41) is 2.82. The number of urea groups is 1. The van der Waals surface area contributed by atoms with E-state index < -0.39 is 11.9 Å². The van der Waals surface area contributed by atoms with Crippen LogP contribution in [-0.2, 0) is 0 Å². The van der Waals surface area contributed by atoms with Gasteiger partial charge in [-0.1, -0.05) is 6.42 Å². The highest BCUT2D eigenvalue weighted by atomic mass is 32.1. The van der Waals surface area contributed by atoms with Gasteiger partial charge in [0.25, 0.3) is 5.91 Å². The molecule has 5 N–H and O–H groups in total. The third-order valence-corrected chi connectivity index (χ3v) is 7.26. The molecule has 1 aromatic carbocycles. The molecule has 0 bridgehead atoms. The lowest BCUT2D eigenvalue weighted by Gasteiger charge is -2.26. The first-order valence-corrected chi connectivity index (χ1v) is 12.5. The Morgan fingerprint density at radius 2 is 1.82 bits per heavy atom. The van der Waals surface area contributed by atoms with E-state index in [1.165, 1.54) is 43.4 Å². The molecular weight excluding hydrogens is 440 g/mol. The number of rotatable bonds is 9. The van der Waals surface area contributed by atoms with E-state index in [1.54, 1.807) is 6.07 Å². The number of piperidine rings is 1. The van der Waals surface area contributed by atoms with Crippen LogP contribution >= 0.6 is 11.3 Å². The smallest absolute Gasteiger partial charge is 0.317 e. The third-order valence-electron chi connectivity index (χ3n) is 6.17. The molecule has 9 heteroatoms. The molecule has 1 saturated carbocycles. The lowest BCUT2D eigenvalue weighted by Crippen LogP contribution is -2.33. The quantitative estimate of drug-likeness (QED) is 0.505. The number of amides is 3. The summed E-state index contributed by atoms with van der Waals surface area (Å²) in [5.74, 6) is 0.834. The van der Waals surface area contributed by atoms with Crippen molar-refractivity contribution < 1.29 is 19.1 Å². The van der Waals surface area contributed by atoms with Gasteiger partial charge in [0.15, 0.2) is 0 Å². The highest BCUT2D eigenvalue weighted by Crippen LogP contribution is 2.41. The summed E-state index contributed by atoms with van der Waals surface area (Å²) in [6, 6.07) is 6.71. The number of hydrogen-bond acceptors (Lipinski definition) is 6. The van der Waals surface area contributed by atoms with E-state index in [4.69, 9.17) is 20.9 Å². The number of nitrogens with one attached hydrogen (secondary N) is 1. The second-order valence-electron chi connectivity index (χ2n) is 8.64. The number of benzene rings is 1. The predicted octanol–water partition coefficient (Wildman–Crippen LogP) is 4.19. The van der Waals surface area contributed by atoms with E-state index in [0.29, 0.717) is 17.4 Å². The van der Waals surface area contributed by atoms with Crippen LogP contribution in [0, 0.1) is 0 Å². The van der Waals surface area contributed by atoms with Crippen LogP contribution in [-0.4, -0.2) is 49.2 Å². The van der Waals surface area contributed by atoms with E-state index in [1.807, 2.05) is 18.2 Å². The topological polar surface area (TPSA) is 120 Å². The molecular formula is C24H32N4O4S. The monoisotopic (exact) mass is 472 g/mol. The van der Waals surface area contributed by atoms with E-state index in [9.17, 15) is 9.59 Å². The zero-order valence-electron chi connectivity index (χ0n) is 18.8. The van der Waals surface area contributed by atoms with E-state index in [-0.39, 0.29) is 11.7 Å². The van der Waals surface area contributed by atoms with Crippen molar-refractivity contribution in [3.05, 3.63) is 29.8 Å². The molecule has 33 heavy (non-hydrogen) atoms. The normalized spacial score (nSPS) is 17.1. The Labute approximate surface area is 198 Å². The standard InChI is InChI=1S/C24H32N4O4S/c25-22(29)19-15-21(33-23(19)27-24(26)30)18-9-8-17(32-16-6-2-3-7-16)14-20(18)31-13-12-28-10-4-1-5-11-28/h8-9,14-16H,1-7,10-13H2,(H2,25,29)(H3,26,27,30). The summed E-state index contributed by atoms with van der Waals surface area (Å²) in [4.78, 5) is 26.5. The SMILES string of the molecule is NC(=O)Nc1sc(-c2ccc(OC3CCCC3)cc2OCCN2CCCCC2)cc1C(N)=O. The molecule has 1 aliphatic carbocycles. The zero-order valence-corrected chi connectivity index (χ0v) is 19.6. The fourth-order valence-corrected chi connectivity index (χ4v) is 5.57. The molecule has 0 unspecified atom stereocenters. The molecule has 2 fully saturated rings. The molecule has 8 nitrogen and oxygen atoms in total. The second kappa shape index (κ2) is 10.9. The summed E-state index contributed by atoms with van der Waals surface area (Å²) >= 11 is 1.24. The van der Waals surface area contributed by atoms with Gasteiger partial charge in [-0.2, -0.15) is 0 Å². The fraction of sp³-hybridized carbons (Fsp3) is 0.500. The van der Waals surface area contributed by atoms with Crippen LogP contribution in [0.2, 0.25) is 0 Å². The molecule has 2 heterocycles. The minimum absolute atomic E-state index is 0.222. The average molecular weight is 473 g/mol. The largest absolute Gasteiger partial charge is 0.491 e. The van der Waals surface area contributed by atoms with Gasteiger partial charge < -0.3 is 20.9 Å². The van der Waals surface area contributed by atoms with Crippen molar-refractivity contribution in [2.45, 2.75) is 51.0 Å². The molecule has 1 saturated heterocycles. The van der Waals surface area contributed by atoms with Crippen LogP contribution in [0.1, 0.15) is 55.3 Å². The molecule has 2 aromatic rings. The van der Waals surface area contributed by atoms with Gasteiger partial charge >= 0.3 is 6.03 Å². The van der Waals surface area contributed by atoms with Gasteiger partial charge in [-0.25, -0.2) is 4.79 Å². The minimum Gasteiger partial charge on any atom is -0.491 e. The number of nitrogens with two attached hydrogens (primary N) is 2. The Morgan fingerprint density at radius 3 is 2.52 bits per heavy atom. The van der Waals surface area contributed by atoms with Crippen molar-refractivity contribution >= 4 is 28.3 Å². The van der Waals surface area contributed by atoms with Gasteiger partial charge in [-0.05, 0) is 69.8 Å². The van der Waals surface area contributed by atoms with E-state index in [2.05, 4.69) is 10.2 Å². The predicted molar refractivity (Wildman–Crippen MR) is 130 cm³/mol.